The number of halogens is 2. The summed E-state index contributed by atoms with van der Waals surface area (Å²) in [6.07, 6.45) is 6.27. The van der Waals surface area contributed by atoms with Crippen molar-refractivity contribution >= 4 is 29.2 Å². The van der Waals surface area contributed by atoms with E-state index in [2.05, 4.69) is 21.9 Å². The minimum Gasteiger partial charge on any atom is -0.376 e. The molecule has 6 nitrogen and oxygen atoms in total. The molecule has 0 saturated carbocycles. The average Bonchev–Trinajstić information content (AvgIpc) is 2.89. The average molecular weight is 540 g/mol. The van der Waals surface area contributed by atoms with Crippen molar-refractivity contribution in [2.24, 2.45) is 0 Å². The lowest BCUT2D eigenvalue weighted by Crippen LogP contribution is -2.28. The molecule has 0 spiro atoms. The highest BCUT2D eigenvalue weighted by Crippen LogP contribution is 2.37. The topological polar surface area (TPSA) is 82.1 Å². The van der Waals surface area contributed by atoms with E-state index in [1.807, 2.05) is 51.4 Å². The fourth-order valence-electron chi connectivity index (χ4n) is 3.91. The summed E-state index contributed by atoms with van der Waals surface area (Å²) in [4.78, 5) is 24.8. The summed E-state index contributed by atoms with van der Waals surface area (Å²) in [5.74, 6) is 0.623. The zero-order valence-electron chi connectivity index (χ0n) is 21.5. The zero-order chi connectivity index (χ0) is 27.0. The Morgan fingerprint density at radius 2 is 1.51 bits per heavy atom. The molecule has 0 aliphatic heterocycles. The number of rotatable bonds is 7. The number of aryl methyl sites for hydroxylation is 1. The van der Waals surface area contributed by atoms with Gasteiger partial charge in [-0.3, -0.25) is 14.8 Å². The van der Waals surface area contributed by atoms with Crippen LogP contribution < -0.4 is 10.5 Å². The van der Waals surface area contributed by atoms with Crippen molar-refractivity contribution < 1.29 is 5.11 Å². The predicted octanol–water partition coefficient (Wildman–Crippen LogP) is 6.16. The second kappa shape index (κ2) is 12.9. The van der Waals surface area contributed by atoms with Crippen LogP contribution in [0.2, 0.25) is 10.0 Å². The van der Waals surface area contributed by atoms with Gasteiger partial charge in [0.1, 0.15) is 5.60 Å². The van der Waals surface area contributed by atoms with Crippen LogP contribution in [-0.2, 0) is 12.0 Å². The fourth-order valence-corrected chi connectivity index (χ4v) is 4.17. The second-order valence-electron chi connectivity index (χ2n) is 8.92. The summed E-state index contributed by atoms with van der Waals surface area (Å²) in [7, 11) is 3.73. The lowest BCUT2D eigenvalue weighted by molar-refractivity contribution is 0.125. The number of nitrogens with one attached hydrogen (secondary N) is 1. The van der Waals surface area contributed by atoms with Gasteiger partial charge in [-0.05, 0) is 61.2 Å². The molecule has 37 heavy (non-hydrogen) atoms. The molecule has 2 N–H and O–H groups in total. The highest BCUT2D eigenvalue weighted by Gasteiger charge is 2.34. The number of aromatic nitrogens is 3. The van der Waals surface area contributed by atoms with Crippen LogP contribution in [0.3, 0.4) is 0 Å². The highest BCUT2D eigenvalue weighted by atomic mass is 35.5. The van der Waals surface area contributed by atoms with Crippen molar-refractivity contribution in [1.82, 2.24) is 15.0 Å². The monoisotopic (exact) mass is 538 g/mol. The van der Waals surface area contributed by atoms with Crippen LogP contribution in [0.25, 0.3) is 0 Å². The molecule has 2 aromatic carbocycles. The second-order valence-corrected chi connectivity index (χ2v) is 9.79. The predicted molar refractivity (Wildman–Crippen MR) is 152 cm³/mol. The Hall–Kier alpha value is -3.19. The normalized spacial score (nSPS) is 11.0. The maximum atomic E-state index is 11.7. The van der Waals surface area contributed by atoms with Gasteiger partial charge in [0.05, 0.1) is 0 Å². The third kappa shape index (κ3) is 6.98. The van der Waals surface area contributed by atoms with Crippen LogP contribution >= 0.6 is 23.2 Å². The number of pyridine rings is 1. The van der Waals surface area contributed by atoms with Gasteiger partial charge in [-0.2, -0.15) is 0 Å². The van der Waals surface area contributed by atoms with Crippen LogP contribution in [0.1, 0.15) is 47.7 Å². The zero-order valence-corrected chi connectivity index (χ0v) is 23.0. The molecule has 0 fully saturated rings. The third-order valence-corrected chi connectivity index (χ3v) is 6.52. The quantitative estimate of drug-likeness (QED) is 0.294. The van der Waals surface area contributed by atoms with E-state index in [0.717, 1.165) is 30.5 Å². The number of anilines is 1. The Morgan fingerprint density at radius 1 is 0.946 bits per heavy atom. The Bertz CT molecular complexity index is 1290. The minimum atomic E-state index is -1.32. The van der Waals surface area contributed by atoms with Crippen LogP contribution in [0.5, 0.6) is 0 Å². The van der Waals surface area contributed by atoms with Crippen LogP contribution in [0, 0.1) is 6.92 Å². The Balaban J connectivity index is 0.000000222. The number of unbranched alkanes of at least 4 members (excludes halogenated alkanes) is 1. The van der Waals surface area contributed by atoms with Gasteiger partial charge >= 0.3 is 0 Å². The molecule has 194 valence electrons. The van der Waals surface area contributed by atoms with E-state index >= 15 is 0 Å². The Kier molecular flexibility index (Phi) is 9.86. The van der Waals surface area contributed by atoms with Gasteiger partial charge in [0.25, 0.3) is 5.56 Å². The molecule has 8 heteroatoms. The first kappa shape index (κ1) is 28.4. The number of aliphatic hydroxyl groups is 1. The first-order valence-electron chi connectivity index (χ1n) is 12.1. The van der Waals surface area contributed by atoms with E-state index in [1.165, 1.54) is 0 Å². The molecule has 0 atom stereocenters. The van der Waals surface area contributed by atoms with Crippen molar-refractivity contribution in [3.05, 3.63) is 121 Å². The first-order chi connectivity index (χ1) is 17.7. The Morgan fingerprint density at radius 3 is 1.95 bits per heavy atom. The fraction of sp³-hybridized carbons (Fsp3) is 0.276. The summed E-state index contributed by atoms with van der Waals surface area (Å²) >= 11 is 11.9. The summed E-state index contributed by atoms with van der Waals surface area (Å²) in [5, 5.41) is 12.7. The van der Waals surface area contributed by atoms with Gasteiger partial charge in [-0.15, -0.1) is 0 Å². The third-order valence-electron chi connectivity index (χ3n) is 6.02. The lowest BCUT2D eigenvalue weighted by atomic mass is 9.81. The van der Waals surface area contributed by atoms with Crippen LogP contribution in [-0.4, -0.2) is 34.2 Å². The minimum absolute atomic E-state index is 0.000324. The molecule has 4 rings (SSSR count). The van der Waals surface area contributed by atoms with E-state index in [0.29, 0.717) is 32.7 Å². The molecule has 0 aliphatic carbocycles. The summed E-state index contributed by atoms with van der Waals surface area (Å²) in [6.45, 7) is 4.01. The number of hydrogen-bond donors (Lipinski definition) is 2. The SMILES string of the molecule is CCCCc1c(C)nc(N(C)C)[nH]c1=O.OC(c1ccc(Cl)cc1)(c1ccc(Cl)cc1)c1cccnc1. The molecule has 0 amide bonds. The van der Waals surface area contributed by atoms with E-state index in [4.69, 9.17) is 23.2 Å². The molecule has 2 aromatic heterocycles. The standard InChI is InChI=1S/C18H13Cl2NO.C11H19N3O/c19-16-7-3-13(4-8-16)18(22,15-2-1-11-21-12-15)14-5-9-17(20)10-6-14;1-5-6-7-9-8(2)12-11(14(3)4)13-10(9)15/h1-12,22H;5-7H2,1-4H3,(H,12,13,15). The van der Waals surface area contributed by atoms with Gasteiger partial charge in [-0.25, -0.2) is 4.98 Å². The van der Waals surface area contributed by atoms with E-state index in [1.54, 1.807) is 47.6 Å². The number of aromatic amines is 1. The van der Waals surface area contributed by atoms with Gasteiger partial charge < -0.3 is 10.0 Å². The van der Waals surface area contributed by atoms with Gasteiger partial charge in [0.15, 0.2) is 0 Å². The van der Waals surface area contributed by atoms with E-state index in [-0.39, 0.29) is 5.56 Å². The number of nitrogens with zero attached hydrogens (tertiary/aromatic N) is 3. The van der Waals surface area contributed by atoms with Crippen molar-refractivity contribution in [3.63, 3.8) is 0 Å². The molecule has 4 aromatic rings. The first-order valence-corrected chi connectivity index (χ1v) is 12.8. The van der Waals surface area contributed by atoms with Crippen molar-refractivity contribution in [2.75, 3.05) is 19.0 Å². The van der Waals surface area contributed by atoms with Crippen molar-refractivity contribution in [3.8, 4) is 0 Å². The lowest BCUT2D eigenvalue weighted by Gasteiger charge is -2.29. The maximum absolute atomic E-state index is 11.7. The molecule has 0 bridgehead atoms. The summed E-state index contributed by atoms with van der Waals surface area (Å²) < 4.78 is 0. The number of hydrogen-bond acceptors (Lipinski definition) is 5. The molecule has 0 aliphatic rings. The van der Waals surface area contributed by atoms with Crippen LogP contribution in [0.15, 0.2) is 77.9 Å². The molecule has 2 heterocycles. The maximum Gasteiger partial charge on any atom is 0.255 e. The van der Waals surface area contributed by atoms with Crippen molar-refractivity contribution in [1.29, 1.82) is 0 Å². The molecular formula is C29H32Cl2N4O2. The Labute approximate surface area is 228 Å². The molecule has 0 unspecified atom stereocenters. The van der Waals surface area contributed by atoms with E-state index < -0.39 is 5.60 Å². The summed E-state index contributed by atoms with van der Waals surface area (Å²) in [6, 6.07) is 17.9. The number of benzene rings is 2. The molecule has 0 saturated heterocycles. The largest absolute Gasteiger partial charge is 0.376 e. The summed E-state index contributed by atoms with van der Waals surface area (Å²) in [5.41, 5.74) is 2.46. The van der Waals surface area contributed by atoms with Gasteiger partial charge in [-0.1, -0.05) is 66.9 Å². The van der Waals surface area contributed by atoms with Gasteiger partial charge in [0, 0.05) is 53.4 Å². The van der Waals surface area contributed by atoms with Gasteiger partial charge in [0.2, 0.25) is 5.95 Å². The highest BCUT2D eigenvalue weighted by molar-refractivity contribution is 6.30. The molecule has 0 radical (unpaired) electrons. The smallest absolute Gasteiger partial charge is 0.255 e. The molecular weight excluding hydrogens is 507 g/mol. The number of H-pyrrole nitrogens is 1. The van der Waals surface area contributed by atoms with Crippen molar-refractivity contribution in [2.45, 2.75) is 38.7 Å². The van der Waals surface area contributed by atoms with E-state index in [9.17, 15) is 9.90 Å². The van der Waals surface area contributed by atoms with Crippen LogP contribution in [0.4, 0.5) is 5.95 Å².